The zero-order chi connectivity index (χ0) is 18.0. The normalized spacial score (nSPS) is 16.3. The van der Waals surface area contributed by atoms with Gasteiger partial charge in [0.1, 0.15) is 15.0 Å². The average Bonchev–Trinajstić information content (AvgIpc) is 3.19. The van der Waals surface area contributed by atoms with Crippen LogP contribution in [0.2, 0.25) is 10.2 Å². The highest BCUT2D eigenvalue weighted by Gasteiger charge is 2.45. The van der Waals surface area contributed by atoms with E-state index in [0.29, 0.717) is 29.2 Å². The van der Waals surface area contributed by atoms with Crippen LogP contribution in [0.3, 0.4) is 0 Å². The van der Waals surface area contributed by atoms with Crippen molar-refractivity contribution in [1.29, 1.82) is 0 Å². The maximum absolute atomic E-state index is 11.5. The van der Waals surface area contributed by atoms with E-state index in [9.17, 15) is 8.42 Å². The monoisotopic (exact) mass is 522 g/mol. The van der Waals surface area contributed by atoms with Crippen molar-refractivity contribution in [3.05, 3.63) is 21.9 Å². The first-order valence-corrected chi connectivity index (χ1v) is 10.7. The third-order valence-corrected chi connectivity index (χ3v) is 6.09. The van der Waals surface area contributed by atoms with Crippen molar-refractivity contribution in [3.8, 4) is 0 Å². The number of nitrogens with zero attached hydrogens (tertiary/aromatic N) is 2. The molecule has 0 saturated heterocycles. The smallest absolute Gasteiger partial charge is 0.191 e. The Morgan fingerprint density at radius 3 is 2.44 bits per heavy atom. The van der Waals surface area contributed by atoms with Crippen LogP contribution in [-0.2, 0) is 23.4 Å². The summed E-state index contributed by atoms with van der Waals surface area (Å²) in [5.74, 6) is 0.876. The predicted octanol–water partition coefficient (Wildman–Crippen LogP) is 2.83. The summed E-state index contributed by atoms with van der Waals surface area (Å²) in [5.41, 5.74) is 0.751. The topological polar surface area (TPSA) is 75.5 Å². The fraction of sp³-hybridized carbons (Fsp3) is 0.667. The quantitative estimate of drug-likeness (QED) is 0.328. The highest BCUT2D eigenvalue weighted by molar-refractivity contribution is 14.0. The lowest BCUT2D eigenvalue weighted by Crippen LogP contribution is -2.41. The van der Waals surface area contributed by atoms with Crippen molar-refractivity contribution in [3.63, 3.8) is 0 Å². The van der Waals surface area contributed by atoms with E-state index in [-0.39, 0.29) is 35.1 Å². The lowest BCUT2D eigenvalue weighted by atomic mass is 10.1. The summed E-state index contributed by atoms with van der Waals surface area (Å²) in [6, 6.07) is 1.79. The second-order valence-corrected chi connectivity index (χ2v) is 9.36. The van der Waals surface area contributed by atoms with Gasteiger partial charge in [0.2, 0.25) is 0 Å². The number of aliphatic imine (C=N–C) groups is 1. The zero-order valence-corrected chi connectivity index (χ0v) is 19.3. The Bertz CT molecular complexity index is 730. The molecule has 1 aromatic heterocycles. The number of guanidine groups is 1. The number of rotatable bonds is 7. The summed E-state index contributed by atoms with van der Waals surface area (Å²) >= 11 is 12.1. The Balaban J connectivity index is 0.00000312. The molecule has 0 spiro atoms. The summed E-state index contributed by atoms with van der Waals surface area (Å²) in [5, 5.41) is 7.43. The molecule has 0 aliphatic heterocycles. The van der Waals surface area contributed by atoms with E-state index < -0.39 is 9.84 Å². The maximum Gasteiger partial charge on any atom is 0.191 e. The van der Waals surface area contributed by atoms with E-state index in [2.05, 4.69) is 15.6 Å². The lowest BCUT2D eigenvalue weighted by molar-refractivity contribution is 0.529. The molecule has 10 heteroatoms. The molecule has 1 aliphatic carbocycles. The van der Waals surface area contributed by atoms with Crippen molar-refractivity contribution in [1.82, 2.24) is 15.2 Å². The third-order valence-electron chi connectivity index (χ3n) is 4.12. The van der Waals surface area contributed by atoms with Gasteiger partial charge in [-0.25, -0.2) is 13.4 Å². The molecule has 1 aliphatic rings. The van der Waals surface area contributed by atoms with Crippen molar-refractivity contribution in [2.45, 2.75) is 26.3 Å². The van der Waals surface area contributed by atoms with E-state index >= 15 is 0 Å². The molecule has 0 aromatic carbocycles. The number of nitrogens with one attached hydrogen (secondary N) is 2. The van der Waals surface area contributed by atoms with Crippen LogP contribution in [0.5, 0.6) is 0 Å². The van der Waals surface area contributed by atoms with Crippen molar-refractivity contribution < 1.29 is 8.42 Å². The van der Waals surface area contributed by atoms with Crippen molar-refractivity contribution in [2.24, 2.45) is 17.5 Å². The molecule has 25 heavy (non-hydrogen) atoms. The van der Waals surface area contributed by atoms with E-state index in [0.717, 1.165) is 25.1 Å². The molecule has 6 nitrogen and oxygen atoms in total. The first-order chi connectivity index (χ1) is 11.2. The van der Waals surface area contributed by atoms with Crippen LogP contribution in [-0.4, -0.2) is 44.0 Å². The molecule has 0 unspecified atom stereocenters. The number of halogens is 3. The minimum Gasteiger partial charge on any atom is -0.357 e. The fourth-order valence-corrected chi connectivity index (χ4v) is 4.54. The van der Waals surface area contributed by atoms with Crippen LogP contribution in [0.15, 0.2) is 11.1 Å². The van der Waals surface area contributed by atoms with Gasteiger partial charge in [-0.15, -0.1) is 24.0 Å². The molecule has 0 bridgehead atoms. The van der Waals surface area contributed by atoms with Gasteiger partial charge >= 0.3 is 0 Å². The second-order valence-electron chi connectivity index (χ2n) is 6.45. The van der Waals surface area contributed by atoms with E-state index in [1.807, 2.05) is 14.0 Å². The summed E-state index contributed by atoms with van der Waals surface area (Å²) < 4.78 is 24.9. The second kappa shape index (κ2) is 9.14. The summed E-state index contributed by atoms with van der Waals surface area (Å²) in [7, 11) is -1.14. The van der Waals surface area contributed by atoms with Crippen LogP contribution in [0.25, 0.3) is 0 Å². The highest BCUT2D eigenvalue weighted by atomic mass is 127. The summed E-state index contributed by atoms with van der Waals surface area (Å²) in [6.45, 7) is 3.73. The van der Waals surface area contributed by atoms with Gasteiger partial charge in [-0.05, 0) is 25.8 Å². The molecule has 2 rings (SSSR count). The van der Waals surface area contributed by atoms with E-state index in [1.165, 1.54) is 6.26 Å². The molecule has 1 heterocycles. The van der Waals surface area contributed by atoms with Gasteiger partial charge in [0.15, 0.2) is 5.96 Å². The van der Waals surface area contributed by atoms with E-state index in [1.54, 1.807) is 10.6 Å². The number of sulfone groups is 1. The Labute approximate surface area is 176 Å². The number of aromatic nitrogens is 1. The molecule has 2 N–H and O–H groups in total. The highest BCUT2D eigenvalue weighted by Crippen LogP contribution is 2.46. The molecular weight excluding hydrogens is 498 g/mol. The van der Waals surface area contributed by atoms with Gasteiger partial charge in [0, 0.05) is 37.5 Å². The lowest BCUT2D eigenvalue weighted by Gasteiger charge is -2.17. The predicted molar refractivity (Wildman–Crippen MR) is 115 cm³/mol. The first-order valence-electron chi connectivity index (χ1n) is 7.85. The van der Waals surface area contributed by atoms with Crippen LogP contribution in [0.4, 0.5) is 0 Å². The molecule has 1 fully saturated rings. The Hall–Kier alpha value is -0.190. The van der Waals surface area contributed by atoms with Crippen LogP contribution in [0.1, 0.15) is 25.5 Å². The van der Waals surface area contributed by atoms with E-state index in [4.69, 9.17) is 23.2 Å². The molecule has 0 radical (unpaired) electrons. The Morgan fingerprint density at radius 1 is 1.36 bits per heavy atom. The molecule has 1 saturated carbocycles. The number of hydrogen-bond donors (Lipinski definition) is 2. The van der Waals surface area contributed by atoms with Gasteiger partial charge in [-0.2, -0.15) is 0 Å². The van der Waals surface area contributed by atoms with Gasteiger partial charge < -0.3 is 15.2 Å². The van der Waals surface area contributed by atoms with Gasteiger partial charge in [-0.1, -0.05) is 23.2 Å². The van der Waals surface area contributed by atoms with Gasteiger partial charge in [0.25, 0.3) is 0 Å². The largest absolute Gasteiger partial charge is 0.357 e. The SMILES string of the molecule is CCNC(=NCc1cc(Cl)c(Cl)n1C)NCC1(CS(C)(=O)=O)CC1.I. The third kappa shape index (κ3) is 6.80. The maximum atomic E-state index is 11.5. The van der Waals surface area contributed by atoms with Crippen LogP contribution < -0.4 is 10.6 Å². The molecule has 0 atom stereocenters. The Morgan fingerprint density at radius 2 is 2.00 bits per heavy atom. The first kappa shape index (κ1) is 22.9. The van der Waals surface area contributed by atoms with Crippen LogP contribution >= 0.6 is 47.2 Å². The van der Waals surface area contributed by atoms with Gasteiger partial charge in [0.05, 0.1) is 17.3 Å². The molecule has 1 aromatic rings. The standard InChI is InChI=1S/C15H24Cl2N4O2S.HI/c1-4-18-14(19-8-11-7-12(16)13(17)21(11)2)20-9-15(5-6-15)10-24(3,22)23;/h7H,4-6,8-10H2,1-3H3,(H2,18,19,20);1H. The molecular formula is C15H25Cl2IN4O2S. The zero-order valence-electron chi connectivity index (χ0n) is 14.6. The molecule has 144 valence electrons. The fourth-order valence-electron chi connectivity index (χ4n) is 2.62. The Kier molecular flexibility index (Phi) is 8.36. The average molecular weight is 523 g/mol. The molecule has 0 amide bonds. The van der Waals surface area contributed by atoms with Crippen molar-refractivity contribution >= 4 is 63.0 Å². The van der Waals surface area contributed by atoms with Crippen LogP contribution in [0, 0.1) is 5.41 Å². The van der Waals surface area contributed by atoms with Crippen molar-refractivity contribution in [2.75, 3.05) is 25.1 Å². The van der Waals surface area contributed by atoms with Gasteiger partial charge in [-0.3, -0.25) is 0 Å². The minimum atomic E-state index is -2.98. The summed E-state index contributed by atoms with van der Waals surface area (Å²) in [6.07, 6.45) is 3.14. The minimum absolute atomic E-state index is 0. The number of hydrogen-bond acceptors (Lipinski definition) is 3. The summed E-state index contributed by atoms with van der Waals surface area (Å²) in [4.78, 5) is 4.53.